The van der Waals surface area contributed by atoms with Gasteiger partial charge in [0.25, 0.3) is 0 Å². The van der Waals surface area contributed by atoms with Gasteiger partial charge in [0.15, 0.2) is 11.5 Å². The third-order valence-electron chi connectivity index (χ3n) is 2.83. The zero-order valence-electron chi connectivity index (χ0n) is 11.9. The Labute approximate surface area is 122 Å². The SMILES string of the molecule is COc1ccc(CC(=O)NN=Cc2ccc[nH]2)cc1OC. The quantitative estimate of drug-likeness (QED) is 0.627. The monoisotopic (exact) mass is 287 g/mol. The van der Waals surface area contributed by atoms with Crippen LogP contribution in [0.4, 0.5) is 0 Å². The molecule has 0 unspecified atom stereocenters. The van der Waals surface area contributed by atoms with Crippen LogP contribution in [0.2, 0.25) is 0 Å². The van der Waals surface area contributed by atoms with Gasteiger partial charge in [0, 0.05) is 6.20 Å². The normalized spacial score (nSPS) is 10.6. The fourth-order valence-corrected chi connectivity index (χ4v) is 1.81. The van der Waals surface area contributed by atoms with Crippen LogP contribution in [0.1, 0.15) is 11.3 Å². The number of amides is 1. The average molecular weight is 287 g/mol. The molecule has 21 heavy (non-hydrogen) atoms. The van der Waals surface area contributed by atoms with Crippen molar-refractivity contribution in [1.82, 2.24) is 10.4 Å². The number of carbonyl (C=O) groups excluding carboxylic acids is 1. The van der Waals surface area contributed by atoms with E-state index in [1.807, 2.05) is 18.2 Å². The Balaban J connectivity index is 1.93. The molecule has 2 aromatic rings. The van der Waals surface area contributed by atoms with E-state index in [2.05, 4.69) is 15.5 Å². The topological polar surface area (TPSA) is 75.7 Å². The number of aromatic amines is 1. The van der Waals surface area contributed by atoms with E-state index in [0.29, 0.717) is 11.5 Å². The second-order valence-corrected chi connectivity index (χ2v) is 4.28. The van der Waals surface area contributed by atoms with E-state index in [-0.39, 0.29) is 12.3 Å². The molecule has 1 amide bonds. The van der Waals surface area contributed by atoms with Crippen molar-refractivity contribution in [2.75, 3.05) is 14.2 Å². The van der Waals surface area contributed by atoms with Crippen molar-refractivity contribution >= 4 is 12.1 Å². The molecule has 0 aliphatic carbocycles. The number of rotatable bonds is 6. The van der Waals surface area contributed by atoms with Crippen LogP contribution in [0.5, 0.6) is 11.5 Å². The maximum atomic E-state index is 11.8. The lowest BCUT2D eigenvalue weighted by molar-refractivity contribution is -0.120. The Morgan fingerprint density at radius 2 is 2.10 bits per heavy atom. The zero-order chi connectivity index (χ0) is 15.1. The van der Waals surface area contributed by atoms with Gasteiger partial charge in [0.1, 0.15) is 0 Å². The summed E-state index contributed by atoms with van der Waals surface area (Å²) in [5.41, 5.74) is 4.11. The van der Waals surface area contributed by atoms with E-state index >= 15 is 0 Å². The number of hydrazone groups is 1. The molecular formula is C15H17N3O3. The number of nitrogens with zero attached hydrogens (tertiary/aromatic N) is 1. The lowest BCUT2D eigenvalue weighted by Crippen LogP contribution is -2.19. The van der Waals surface area contributed by atoms with Gasteiger partial charge in [-0.25, -0.2) is 5.43 Å². The number of hydrogen-bond acceptors (Lipinski definition) is 4. The first-order valence-corrected chi connectivity index (χ1v) is 6.39. The predicted molar refractivity (Wildman–Crippen MR) is 79.8 cm³/mol. The molecule has 1 aromatic carbocycles. The van der Waals surface area contributed by atoms with Crippen LogP contribution in [0.25, 0.3) is 0 Å². The Morgan fingerprint density at radius 3 is 2.76 bits per heavy atom. The zero-order valence-corrected chi connectivity index (χ0v) is 11.9. The summed E-state index contributed by atoms with van der Waals surface area (Å²) in [7, 11) is 3.13. The van der Waals surface area contributed by atoms with Crippen LogP contribution in [-0.2, 0) is 11.2 Å². The van der Waals surface area contributed by atoms with E-state index in [1.165, 1.54) is 0 Å². The summed E-state index contributed by atoms with van der Waals surface area (Å²) in [6.45, 7) is 0. The Kier molecular flexibility index (Phi) is 4.98. The number of benzene rings is 1. The highest BCUT2D eigenvalue weighted by Crippen LogP contribution is 2.27. The molecule has 0 fully saturated rings. The van der Waals surface area contributed by atoms with Gasteiger partial charge >= 0.3 is 0 Å². The van der Waals surface area contributed by atoms with Crippen LogP contribution in [0, 0.1) is 0 Å². The smallest absolute Gasteiger partial charge is 0.244 e. The van der Waals surface area contributed by atoms with Crippen molar-refractivity contribution in [1.29, 1.82) is 0 Å². The predicted octanol–water partition coefficient (Wildman–Crippen LogP) is 1.72. The third kappa shape index (κ3) is 4.10. The first-order valence-electron chi connectivity index (χ1n) is 6.39. The van der Waals surface area contributed by atoms with E-state index in [0.717, 1.165) is 11.3 Å². The molecular weight excluding hydrogens is 270 g/mol. The summed E-state index contributed by atoms with van der Waals surface area (Å²) in [6, 6.07) is 9.06. The van der Waals surface area contributed by atoms with Gasteiger partial charge in [0.05, 0.1) is 32.5 Å². The summed E-state index contributed by atoms with van der Waals surface area (Å²) in [5.74, 6) is 1.02. The summed E-state index contributed by atoms with van der Waals surface area (Å²) in [4.78, 5) is 14.7. The van der Waals surface area contributed by atoms with E-state index in [9.17, 15) is 4.79 Å². The van der Waals surface area contributed by atoms with Gasteiger partial charge in [-0.15, -0.1) is 0 Å². The first kappa shape index (κ1) is 14.6. The molecule has 0 saturated heterocycles. The molecule has 6 heteroatoms. The summed E-state index contributed by atoms with van der Waals surface area (Å²) in [6.07, 6.45) is 3.54. The lowest BCUT2D eigenvalue weighted by atomic mass is 10.1. The number of aromatic nitrogens is 1. The largest absolute Gasteiger partial charge is 0.493 e. The molecule has 2 rings (SSSR count). The number of H-pyrrole nitrogens is 1. The van der Waals surface area contributed by atoms with Crippen molar-refractivity contribution in [2.24, 2.45) is 5.10 Å². The van der Waals surface area contributed by atoms with Gasteiger partial charge in [-0.3, -0.25) is 4.79 Å². The summed E-state index contributed by atoms with van der Waals surface area (Å²) < 4.78 is 10.3. The van der Waals surface area contributed by atoms with Crippen molar-refractivity contribution in [3.05, 3.63) is 47.8 Å². The number of nitrogens with one attached hydrogen (secondary N) is 2. The minimum Gasteiger partial charge on any atom is -0.493 e. The van der Waals surface area contributed by atoms with E-state index in [4.69, 9.17) is 9.47 Å². The van der Waals surface area contributed by atoms with Crippen LogP contribution in [0.3, 0.4) is 0 Å². The van der Waals surface area contributed by atoms with Crippen molar-refractivity contribution in [2.45, 2.75) is 6.42 Å². The fraction of sp³-hybridized carbons (Fsp3) is 0.200. The maximum absolute atomic E-state index is 11.8. The Morgan fingerprint density at radius 1 is 1.29 bits per heavy atom. The molecule has 0 spiro atoms. The summed E-state index contributed by atoms with van der Waals surface area (Å²) in [5, 5.41) is 3.87. The van der Waals surface area contributed by atoms with E-state index < -0.39 is 0 Å². The van der Waals surface area contributed by atoms with Crippen molar-refractivity contribution in [3.8, 4) is 11.5 Å². The van der Waals surface area contributed by atoms with Crippen LogP contribution < -0.4 is 14.9 Å². The molecule has 0 atom stereocenters. The summed E-state index contributed by atoms with van der Waals surface area (Å²) >= 11 is 0. The molecule has 1 aromatic heterocycles. The lowest BCUT2D eigenvalue weighted by Gasteiger charge is -2.09. The maximum Gasteiger partial charge on any atom is 0.244 e. The average Bonchev–Trinajstić information content (AvgIpc) is 3.00. The highest BCUT2D eigenvalue weighted by Gasteiger charge is 2.07. The molecule has 0 aliphatic rings. The number of methoxy groups -OCH3 is 2. The van der Waals surface area contributed by atoms with Crippen LogP contribution >= 0.6 is 0 Å². The van der Waals surface area contributed by atoms with Gasteiger partial charge in [0.2, 0.25) is 5.91 Å². The van der Waals surface area contributed by atoms with Gasteiger partial charge < -0.3 is 14.5 Å². The minimum absolute atomic E-state index is 0.204. The third-order valence-corrected chi connectivity index (χ3v) is 2.83. The van der Waals surface area contributed by atoms with Gasteiger partial charge in [-0.05, 0) is 29.8 Å². The molecule has 110 valence electrons. The Bertz CT molecular complexity index is 621. The number of ether oxygens (including phenoxy) is 2. The highest BCUT2D eigenvalue weighted by atomic mass is 16.5. The molecule has 0 radical (unpaired) electrons. The first-order chi connectivity index (χ1) is 10.2. The molecule has 6 nitrogen and oxygen atoms in total. The van der Waals surface area contributed by atoms with E-state index in [1.54, 1.807) is 38.8 Å². The minimum atomic E-state index is -0.204. The van der Waals surface area contributed by atoms with Gasteiger partial charge in [-0.1, -0.05) is 6.07 Å². The highest BCUT2D eigenvalue weighted by molar-refractivity contribution is 5.82. The number of hydrogen-bond donors (Lipinski definition) is 2. The standard InChI is InChI=1S/C15H17N3O3/c1-20-13-6-5-11(8-14(13)21-2)9-15(19)18-17-10-12-4-3-7-16-12/h3-8,10,16H,9H2,1-2H3,(H,18,19). The van der Waals surface area contributed by atoms with Crippen LogP contribution in [-0.4, -0.2) is 31.3 Å². The molecule has 0 saturated carbocycles. The van der Waals surface area contributed by atoms with Crippen molar-refractivity contribution < 1.29 is 14.3 Å². The molecule has 2 N–H and O–H groups in total. The second kappa shape index (κ2) is 7.14. The second-order valence-electron chi connectivity index (χ2n) is 4.28. The molecule has 0 aliphatic heterocycles. The molecule has 1 heterocycles. The van der Waals surface area contributed by atoms with Gasteiger partial charge in [-0.2, -0.15) is 5.10 Å². The fourth-order valence-electron chi connectivity index (χ4n) is 1.81. The molecule has 0 bridgehead atoms. The van der Waals surface area contributed by atoms with Crippen LogP contribution in [0.15, 0.2) is 41.6 Å². The Hall–Kier alpha value is -2.76. The van der Waals surface area contributed by atoms with Crippen molar-refractivity contribution in [3.63, 3.8) is 0 Å². The number of carbonyl (C=O) groups is 1.